The van der Waals surface area contributed by atoms with E-state index in [2.05, 4.69) is 16.1 Å². The molecule has 20 heavy (non-hydrogen) atoms. The first-order valence-electron chi connectivity index (χ1n) is 6.56. The van der Waals surface area contributed by atoms with E-state index in [1.165, 1.54) is 0 Å². The zero-order chi connectivity index (χ0) is 14.1. The van der Waals surface area contributed by atoms with Gasteiger partial charge >= 0.3 is 5.97 Å². The molecule has 1 aliphatic rings. The number of H-pyrrole nitrogens is 1. The fraction of sp³-hybridized carbons (Fsp3) is 0.267. The van der Waals surface area contributed by atoms with E-state index in [0.717, 1.165) is 34.3 Å². The Labute approximate surface area is 121 Å². The highest BCUT2D eigenvalue weighted by molar-refractivity contribution is 7.99. The van der Waals surface area contributed by atoms with Crippen LogP contribution in [0, 0.1) is 0 Å². The second-order valence-electron chi connectivity index (χ2n) is 4.80. The van der Waals surface area contributed by atoms with Crippen LogP contribution in [0.5, 0.6) is 0 Å². The van der Waals surface area contributed by atoms with Crippen LogP contribution in [0.25, 0.3) is 11.4 Å². The summed E-state index contributed by atoms with van der Waals surface area (Å²) in [5, 5.41) is 9.32. The van der Waals surface area contributed by atoms with Gasteiger partial charge in [0.25, 0.3) is 0 Å². The molecule has 4 nitrogen and oxygen atoms in total. The number of aliphatic carboxylic acids is 1. The summed E-state index contributed by atoms with van der Waals surface area (Å²) in [4.78, 5) is 15.7. The lowest BCUT2D eigenvalue weighted by atomic mass is 10.1. The van der Waals surface area contributed by atoms with Crippen molar-refractivity contribution < 1.29 is 9.90 Å². The summed E-state index contributed by atoms with van der Waals surface area (Å²) in [5.41, 5.74) is 3.04. The van der Waals surface area contributed by atoms with Gasteiger partial charge in [0.2, 0.25) is 0 Å². The van der Waals surface area contributed by atoms with Crippen molar-refractivity contribution in [2.75, 3.05) is 5.75 Å². The highest BCUT2D eigenvalue weighted by atomic mass is 32.2. The van der Waals surface area contributed by atoms with Crippen molar-refractivity contribution >= 4 is 17.7 Å². The van der Waals surface area contributed by atoms with Gasteiger partial charge in [0.15, 0.2) is 0 Å². The Morgan fingerprint density at radius 2 is 2.50 bits per heavy atom. The van der Waals surface area contributed by atoms with Crippen LogP contribution in [-0.4, -0.2) is 26.4 Å². The number of hydrogen-bond acceptors (Lipinski definition) is 2. The molecule has 3 rings (SSSR count). The standard InChI is InChI=1S/C15H16N2O2S/c1-2-8-20-13-9-12-10(15(18)19)5-7-17(12)14(13)11-4-3-6-16-11/h2-4,6,9-10,16H,1,5,7-8H2,(H,18,19). The molecule has 0 fully saturated rings. The Bertz CT molecular complexity index is 643. The van der Waals surface area contributed by atoms with E-state index in [1.54, 1.807) is 11.8 Å². The normalized spacial score (nSPS) is 17.1. The number of carbonyl (C=O) groups is 1. The van der Waals surface area contributed by atoms with E-state index in [4.69, 9.17) is 0 Å². The molecule has 5 heteroatoms. The SMILES string of the molecule is C=CCSc1cc2n(c1-c1ccc[nH]1)CCC2C(=O)O. The third-order valence-electron chi connectivity index (χ3n) is 3.60. The van der Waals surface area contributed by atoms with Crippen molar-refractivity contribution in [2.24, 2.45) is 0 Å². The Morgan fingerprint density at radius 3 is 3.15 bits per heavy atom. The molecule has 2 N–H and O–H groups in total. The number of aromatic nitrogens is 2. The summed E-state index contributed by atoms with van der Waals surface area (Å²) in [5.74, 6) is -0.309. The van der Waals surface area contributed by atoms with Gasteiger partial charge in [-0.3, -0.25) is 4.79 Å². The first kappa shape index (κ1) is 13.1. The number of thioether (sulfide) groups is 1. The molecule has 1 atom stereocenters. The number of rotatable bonds is 5. The van der Waals surface area contributed by atoms with Crippen LogP contribution in [-0.2, 0) is 11.3 Å². The van der Waals surface area contributed by atoms with Crippen molar-refractivity contribution in [2.45, 2.75) is 23.8 Å². The van der Waals surface area contributed by atoms with E-state index in [9.17, 15) is 9.90 Å². The van der Waals surface area contributed by atoms with E-state index < -0.39 is 5.97 Å². The third-order valence-corrected chi connectivity index (χ3v) is 4.62. The number of aromatic amines is 1. The summed E-state index contributed by atoms with van der Waals surface area (Å²) < 4.78 is 2.13. The molecule has 1 aliphatic heterocycles. The molecule has 2 aromatic heterocycles. The zero-order valence-electron chi connectivity index (χ0n) is 11.0. The van der Waals surface area contributed by atoms with Crippen LogP contribution in [0.3, 0.4) is 0 Å². The first-order valence-corrected chi connectivity index (χ1v) is 7.54. The first-order chi connectivity index (χ1) is 9.72. The smallest absolute Gasteiger partial charge is 0.312 e. The van der Waals surface area contributed by atoms with E-state index in [0.29, 0.717) is 6.42 Å². The molecule has 3 heterocycles. The fourth-order valence-electron chi connectivity index (χ4n) is 2.74. The average Bonchev–Trinajstić information content (AvgIpc) is 3.10. The maximum Gasteiger partial charge on any atom is 0.312 e. The summed E-state index contributed by atoms with van der Waals surface area (Å²) in [6.45, 7) is 4.50. The second kappa shape index (κ2) is 5.25. The molecule has 0 spiro atoms. The lowest BCUT2D eigenvalue weighted by molar-refractivity contribution is -0.138. The topological polar surface area (TPSA) is 58.0 Å². The highest BCUT2D eigenvalue weighted by Gasteiger charge is 2.32. The third kappa shape index (κ3) is 2.08. The number of hydrogen-bond donors (Lipinski definition) is 2. The molecule has 0 saturated carbocycles. The van der Waals surface area contributed by atoms with Crippen LogP contribution in [0.4, 0.5) is 0 Å². The molecule has 0 radical (unpaired) electrons. The van der Waals surface area contributed by atoms with E-state index >= 15 is 0 Å². The lowest BCUT2D eigenvalue weighted by Gasteiger charge is -2.07. The average molecular weight is 288 g/mol. The summed E-state index contributed by atoms with van der Waals surface area (Å²) >= 11 is 1.69. The van der Waals surface area contributed by atoms with Crippen molar-refractivity contribution in [3.63, 3.8) is 0 Å². The predicted octanol–water partition coefficient (Wildman–Crippen LogP) is 3.33. The molecule has 0 amide bonds. The highest BCUT2D eigenvalue weighted by Crippen LogP contribution is 2.41. The van der Waals surface area contributed by atoms with Gasteiger partial charge in [-0.1, -0.05) is 6.08 Å². The van der Waals surface area contributed by atoms with Crippen molar-refractivity contribution in [1.29, 1.82) is 0 Å². The molecule has 1 unspecified atom stereocenters. The van der Waals surface area contributed by atoms with Crippen LogP contribution in [0.2, 0.25) is 0 Å². The van der Waals surface area contributed by atoms with Gasteiger partial charge in [0.05, 0.1) is 17.3 Å². The molecule has 2 aromatic rings. The van der Waals surface area contributed by atoms with Gasteiger partial charge in [0.1, 0.15) is 0 Å². The zero-order valence-corrected chi connectivity index (χ0v) is 11.8. The summed E-state index contributed by atoms with van der Waals surface area (Å²) in [7, 11) is 0. The van der Waals surface area contributed by atoms with Crippen LogP contribution in [0.15, 0.2) is 41.9 Å². The summed E-state index contributed by atoms with van der Waals surface area (Å²) in [6, 6.07) is 6.01. The number of carboxylic acid groups (broad SMARTS) is 1. The van der Waals surface area contributed by atoms with Gasteiger partial charge < -0.3 is 14.7 Å². The van der Waals surface area contributed by atoms with Crippen LogP contribution < -0.4 is 0 Å². The Hall–Kier alpha value is -1.88. The second-order valence-corrected chi connectivity index (χ2v) is 5.86. The predicted molar refractivity (Wildman–Crippen MR) is 80.1 cm³/mol. The molecule has 0 aromatic carbocycles. The van der Waals surface area contributed by atoms with Gasteiger partial charge in [-0.05, 0) is 24.6 Å². The van der Waals surface area contributed by atoms with E-state index in [-0.39, 0.29) is 5.92 Å². The van der Waals surface area contributed by atoms with Crippen LogP contribution in [0.1, 0.15) is 18.0 Å². The number of carboxylic acids is 1. The minimum atomic E-state index is -0.737. The van der Waals surface area contributed by atoms with Gasteiger partial charge in [-0.2, -0.15) is 0 Å². The minimum Gasteiger partial charge on any atom is -0.481 e. The monoisotopic (exact) mass is 288 g/mol. The minimum absolute atomic E-state index is 0.387. The quantitative estimate of drug-likeness (QED) is 0.655. The molecular weight excluding hydrogens is 272 g/mol. The molecule has 0 aliphatic carbocycles. The Morgan fingerprint density at radius 1 is 1.65 bits per heavy atom. The van der Waals surface area contributed by atoms with Crippen molar-refractivity contribution in [1.82, 2.24) is 9.55 Å². The maximum atomic E-state index is 11.3. The maximum absolute atomic E-state index is 11.3. The lowest BCUT2D eigenvalue weighted by Crippen LogP contribution is -2.07. The van der Waals surface area contributed by atoms with Crippen molar-refractivity contribution in [3.05, 3.63) is 42.7 Å². The van der Waals surface area contributed by atoms with Gasteiger partial charge in [0, 0.05) is 29.1 Å². The Kier molecular flexibility index (Phi) is 3.44. The molecular formula is C15H16N2O2S. The fourth-order valence-corrected chi connectivity index (χ4v) is 3.60. The molecule has 104 valence electrons. The largest absolute Gasteiger partial charge is 0.481 e. The van der Waals surface area contributed by atoms with Crippen molar-refractivity contribution in [3.8, 4) is 11.4 Å². The van der Waals surface area contributed by atoms with Gasteiger partial charge in [-0.15, -0.1) is 18.3 Å². The number of fused-ring (bicyclic) bond motifs is 1. The Balaban J connectivity index is 2.09. The van der Waals surface area contributed by atoms with Crippen LogP contribution >= 0.6 is 11.8 Å². The number of nitrogens with zero attached hydrogens (tertiary/aromatic N) is 1. The molecule has 0 saturated heterocycles. The van der Waals surface area contributed by atoms with E-state index in [1.807, 2.05) is 30.5 Å². The van der Waals surface area contributed by atoms with Gasteiger partial charge in [-0.25, -0.2) is 0 Å². The summed E-state index contributed by atoms with van der Waals surface area (Å²) in [6.07, 6.45) is 4.42. The molecule has 0 bridgehead atoms. The number of nitrogens with one attached hydrogen (secondary N) is 1.